The van der Waals surface area contributed by atoms with E-state index in [2.05, 4.69) is 0 Å². The van der Waals surface area contributed by atoms with E-state index in [1.807, 2.05) is 39.0 Å². The average Bonchev–Trinajstić information content (AvgIpc) is 2.65. The molecule has 0 amide bonds. The number of carbonyl (C=O) groups is 1. The highest BCUT2D eigenvalue weighted by molar-refractivity contribution is 5.83. The third kappa shape index (κ3) is 2.26. The summed E-state index contributed by atoms with van der Waals surface area (Å²) in [5.74, 6) is 1.68. The second kappa shape index (κ2) is 4.48. The second-order valence-corrected chi connectivity index (χ2v) is 5.30. The van der Waals surface area contributed by atoms with E-state index >= 15 is 0 Å². The van der Waals surface area contributed by atoms with Crippen LogP contribution in [-0.2, 0) is 11.2 Å². The van der Waals surface area contributed by atoms with Gasteiger partial charge >= 0.3 is 0 Å². The standard InChI is InChI=1S/C15H18O3/c1-10-12-7-11(17-4)5-6-13(12)18-14(10)8-15(2,3)9-16/h5-7,9H,8H2,1-4H3. The fourth-order valence-corrected chi connectivity index (χ4v) is 2.00. The highest BCUT2D eigenvalue weighted by Crippen LogP contribution is 2.31. The number of fused-ring (bicyclic) bond motifs is 1. The molecular weight excluding hydrogens is 228 g/mol. The average molecular weight is 246 g/mol. The zero-order valence-corrected chi connectivity index (χ0v) is 11.2. The Bertz CT molecular complexity index is 579. The number of aldehydes is 1. The van der Waals surface area contributed by atoms with E-state index in [9.17, 15) is 4.79 Å². The highest BCUT2D eigenvalue weighted by atomic mass is 16.5. The number of furan rings is 1. The topological polar surface area (TPSA) is 39.4 Å². The number of carbonyl (C=O) groups excluding carboxylic acids is 1. The second-order valence-electron chi connectivity index (χ2n) is 5.30. The van der Waals surface area contributed by atoms with Crippen LogP contribution in [0.5, 0.6) is 5.75 Å². The van der Waals surface area contributed by atoms with Gasteiger partial charge in [-0.1, -0.05) is 13.8 Å². The number of benzene rings is 1. The first-order valence-electron chi connectivity index (χ1n) is 5.99. The number of aryl methyl sites for hydroxylation is 1. The Balaban J connectivity index is 2.47. The molecule has 0 bridgehead atoms. The first kappa shape index (κ1) is 12.7. The summed E-state index contributed by atoms with van der Waals surface area (Å²) < 4.78 is 11.0. The summed E-state index contributed by atoms with van der Waals surface area (Å²) >= 11 is 0. The first-order chi connectivity index (χ1) is 8.46. The van der Waals surface area contributed by atoms with Gasteiger partial charge in [-0.05, 0) is 30.7 Å². The Morgan fingerprint density at radius 1 is 1.39 bits per heavy atom. The van der Waals surface area contributed by atoms with E-state index in [1.165, 1.54) is 0 Å². The summed E-state index contributed by atoms with van der Waals surface area (Å²) in [5, 5.41) is 1.05. The van der Waals surface area contributed by atoms with Crippen LogP contribution in [0, 0.1) is 12.3 Å². The molecule has 0 saturated heterocycles. The van der Waals surface area contributed by atoms with Crippen molar-refractivity contribution in [3.63, 3.8) is 0 Å². The maximum absolute atomic E-state index is 11.0. The number of hydrogen-bond donors (Lipinski definition) is 0. The molecular formula is C15H18O3. The van der Waals surface area contributed by atoms with Crippen molar-refractivity contribution in [2.75, 3.05) is 7.11 Å². The lowest BCUT2D eigenvalue weighted by molar-refractivity contribution is -0.114. The van der Waals surface area contributed by atoms with E-state index in [4.69, 9.17) is 9.15 Å². The Hall–Kier alpha value is -1.77. The molecule has 0 N–H and O–H groups in total. The minimum absolute atomic E-state index is 0.400. The van der Waals surface area contributed by atoms with Crippen molar-refractivity contribution in [1.82, 2.24) is 0 Å². The van der Waals surface area contributed by atoms with Gasteiger partial charge in [0.25, 0.3) is 0 Å². The minimum atomic E-state index is -0.400. The van der Waals surface area contributed by atoms with Crippen molar-refractivity contribution in [3.05, 3.63) is 29.5 Å². The first-order valence-corrected chi connectivity index (χ1v) is 5.99. The summed E-state index contributed by atoms with van der Waals surface area (Å²) in [6, 6.07) is 5.74. The van der Waals surface area contributed by atoms with Crippen molar-refractivity contribution in [1.29, 1.82) is 0 Å². The zero-order chi connectivity index (χ0) is 13.3. The molecule has 1 heterocycles. The highest BCUT2D eigenvalue weighted by Gasteiger charge is 2.22. The van der Waals surface area contributed by atoms with Crippen molar-refractivity contribution >= 4 is 17.3 Å². The third-order valence-electron chi connectivity index (χ3n) is 3.18. The van der Waals surface area contributed by atoms with Crippen LogP contribution in [0.4, 0.5) is 0 Å². The molecule has 96 valence electrons. The van der Waals surface area contributed by atoms with Gasteiger partial charge < -0.3 is 13.9 Å². The monoisotopic (exact) mass is 246 g/mol. The molecule has 0 aliphatic heterocycles. The third-order valence-corrected chi connectivity index (χ3v) is 3.18. The number of methoxy groups -OCH3 is 1. The molecule has 0 fully saturated rings. The smallest absolute Gasteiger partial charge is 0.134 e. The Labute approximate surface area is 107 Å². The predicted molar refractivity (Wildman–Crippen MR) is 71.1 cm³/mol. The lowest BCUT2D eigenvalue weighted by atomic mass is 9.89. The maximum Gasteiger partial charge on any atom is 0.134 e. The molecule has 0 aliphatic rings. The molecule has 0 saturated carbocycles. The molecule has 1 aromatic carbocycles. The lowest BCUT2D eigenvalue weighted by Crippen LogP contribution is -2.16. The number of ether oxygens (including phenoxy) is 1. The molecule has 2 rings (SSSR count). The van der Waals surface area contributed by atoms with E-state index in [-0.39, 0.29) is 0 Å². The van der Waals surface area contributed by atoms with E-state index in [1.54, 1.807) is 7.11 Å². The quantitative estimate of drug-likeness (QED) is 0.775. The molecule has 18 heavy (non-hydrogen) atoms. The van der Waals surface area contributed by atoms with Crippen LogP contribution < -0.4 is 4.74 Å². The van der Waals surface area contributed by atoms with Crippen molar-refractivity contribution in [2.45, 2.75) is 27.2 Å². The zero-order valence-electron chi connectivity index (χ0n) is 11.2. The summed E-state index contributed by atoms with van der Waals surface area (Å²) in [6.07, 6.45) is 1.58. The fourth-order valence-electron chi connectivity index (χ4n) is 2.00. The fraction of sp³-hybridized carbons (Fsp3) is 0.400. The maximum atomic E-state index is 11.0. The SMILES string of the molecule is COc1ccc2oc(CC(C)(C)C=O)c(C)c2c1. The van der Waals surface area contributed by atoms with E-state index in [0.29, 0.717) is 6.42 Å². The molecule has 0 aliphatic carbocycles. The molecule has 0 atom stereocenters. The van der Waals surface area contributed by atoms with E-state index < -0.39 is 5.41 Å². The summed E-state index contributed by atoms with van der Waals surface area (Å²) in [4.78, 5) is 11.0. The van der Waals surface area contributed by atoms with Gasteiger partial charge in [0.2, 0.25) is 0 Å². The Morgan fingerprint density at radius 2 is 2.11 bits per heavy atom. The molecule has 0 radical (unpaired) electrons. The van der Waals surface area contributed by atoms with Gasteiger partial charge in [0.15, 0.2) is 0 Å². The lowest BCUT2D eigenvalue weighted by Gasteiger charge is -2.14. The van der Waals surface area contributed by atoms with Gasteiger partial charge in [0, 0.05) is 17.2 Å². The van der Waals surface area contributed by atoms with Crippen LogP contribution in [-0.4, -0.2) is 13.4 Å². The minimum Gasteiger partial charge on any atom is -0.497 e. The molecule has 3 heteroatoms. The Morgan fingerprint density at radius 3 is 2.72 bits per heavy atom. The van der Waals surface area contributed by atoms with Crippen LogP contribution in [0.3, 0.4) is 0 Å². The predicted octanol–water partition coefficient (Wildman–Crippen LogP) is 3.52. The molecule has 0 unspecified atom stereocenters. The normalized spacial score (nSPS) is 11.8. The van der Waals surface area contributed by atoms with Crippen molar-refractivity contribution < 1.29 is 13.9 Å². The van der Waals surface area contributed by atoms with Crippen molar-refractivity contribution in [3.8, 4) is 5.75 Å². The summed E-state index contributed by atoms with van der Waals surface area (Å²) in [5.41, 5.74) is 1.52. The van der Waals surface area contributed by atoms with E-state index in [0.717, 1.165) is 34.3 Å². The van der Waals surface area contributed by atoms with Gasteiger partial charge in [0.05, 0.1) is 7.11 Å². The largest absolute Gasteiger partial charge is 0.497 e. The van der Waals surface area contributed by atoms with Crippen molar-refractivity contribution in [2.24, 2.45) is 5.41 Å². The van der Waals surface area contributed by atoms with Crippen LogP contribution >= 0.6 is 0 Å². The number of rotatable bonds is 4. The van der Waals surface area contributed by atoms with Gasteiger partial charge in [-0.15, -0.1) is 0 Å². The molecule has 2 aromatic rings. The van der Waals surface area contributed by atoms with Crippen LogP contribution in [0.25, 0.3) is 11.0 Å². The Kier molecular flexibility index (Phi) is 3.16. The van der Waals surface area contributed by atoms with Gasteiger partial charge in [-0.25, -0.2) is 0 Å². The van der Waals surface area contributed by atoms with Gasteiger partial charge in [-0.3, -0.25) is 0 Å². The summed E-state index contributed by atoms with van der Waals surface area (Å²) in [6.45, 7) is 5.84. The molecule has 0 spiro atoms. The molecule has 1 aromatic heterocycles. The van der Waals surface area contributed by atoms with Crippen LogP contribution in [0.15, 0.2) is 22.6 Å². The van der Waals surface area contributed by atoms with Crippen LogP contribution in [0.2, 0.25) is 0 Å². The molecule has 3 nitrogen and oxygen atoms in total. The van der Waals surface area contributed by atoms with Crippen LogP contribution in [0.1, 0.15) is 25.2 Å². The van der Waals surface area contributed by atoms with Gasteiger partial charge in [0.1, 0.15) is 23.4 Å². The van der Waals surface area contributed by atoms with Gasteiger partial charge in [-0.2, -0.15) is 0 Å². The summed E-state index contributed by atoms with van der Waals surface area (Å²) in [7, 11) is 1.65. The number of hydrogen-bond acceptors (Lipinski definition) is 3.